The molecule has 1 aliphatic carbocycles. The second kappa shape index (κ2) is 10.2. The summed E-state index contributed by atoms with van der Waals surface area (Å²) in [5.74, 6) is 0.545. The molecule has 3 heteroatoms. The van der Waals surface area contributed by atoms with Crippen LogP contribution in [-0.2, 0) is 9.53 Å². The lowest BCUT2D eigenvalue weighted by Gasteiger charge is -2.08. The molecule has 0 aromatic heterocycles. The van der Waals surface area contributed by atoms with Crippen LogP contribution in [0, 0.1) is 5.92 Å². The fourth-order valence-corrected chi connectivity index (χ4v) is 2.50. The molecule has 0 aromatic carbocycles. The van der Waals surface area contributed by atoms with Crippen LogP contribution in [0.3, 0.4) is 0 Å². The maximum Gasteiger partial charge on any atom is 0.305 e. The van der Waals surface area contributed by atoms with E-state index in [-0.39, 0.29) is 12.1 Å². The van der Waals surface area contributed by atoms with Gasteiger partial charge < -0.3 is 9.84 Å². The number of hydrogen-bond donors (Lipinski definition) is 1. The summed E-state index contributed by atoms with van der Waals surface area (Å²) in [5.41, 5.74) is 0. The van der Waals surface area contributed by atoms with Crippen molar-refractivity contribution in [1.82, 2.24) is 0 Å². The lowest BCUT2D eigenvalue weighted by atomic mass is 10.0. The van der Waals surface area contributed by atoms with Gasteiger partial charge >= 0.3 is 5.97 Å². The molecule has 1 aliphatic rings. The van der Waals surface area contributed by atoms with Crippen molar-refractivity contribution in [1.29, 1.82) is 0 Å². The van der Waals surface area contributed by atoms with E-state index in [1.54, 1.807) is 0 Å². The quantitative estimate of drug-likeness (QED) is 0.433. The Labute approximate surface area is 117 Å². The SMILES string of the molecule is COC(=O)CCCCCCCCCCC(O)C1CC1. The molecule has 0 bridgehead atoms. The zero-order chi connectivity index (χ0) is 13.9. The normalized spacial score (nSPS) is 16.3. The van der Waals surface area contributed by atoms with Gasteiger partial charge in [-0.2, -0.15) is 0 Å². The van der Waals surface area contributed by atoms with E-state index in [0.29, 0.717) is 12.3 Å². The topological polar surface area (TPSA) is 46.5 Å². The van der Waals surface area contributed by atoms with E-state index < -0.39 is 0 Å². The summed E-state index contributed by atoms with van der Waals surface area (Å²) in [7, 11) is 1.45. The van der Waals surface area contributed by atoms with Crippen LogP contribution in [0.1, 0.15) is 77.0 Å². The van der Waals surface area contributed by atoms with Gasteiger partial charge in [0.2, 0.25) is 0 Å². The molecular formula is C16H30O3. The number of hydrogen-bond acceptors (Lipinski definition) is 3. The standard InChI is InChI=1S/C16H30O3/c1-19-16(18)11-9-7-5-3-2-4-6-8-10-15(17)14-12-13-14/h14-15,17H,2-13H2,1H3. The minimum atomic E-state index is -0.0887. The first-order valence-electron chi connectivity index (χ1n) is 7.99. The third kappa shape index (κ3) is 9.04. The molecule has 112 valence electrons. The number of aliphatic hydroxyl groups is 1. The molecule has 0 spiro atoms. The first kappa shape index (κ1) is 16.5. The molecule has 3 nitrogen and oxygen atoms in total. The van der Waals surface area contributed by atoms with E-state index in [4.69, 9.17) is 0 Å². The number of aliphatic hydroxyl groups excluding tert-OH is 1. The molecule has 0 aromatic rings. The highest BCUT2D eigenvalue weighted by Gasteiger charge is 2.28. The molecule has 1 fully saturated rings. The zero-order valence-electron chi connectivity index (χ0n) is 12.4. The van der Waals surface area contributed by atoms with Crippen LogP contribution in [0.25, 0.3) is 0 Å². The largest absolute Gasteiger partial charge is 0.469 e. The second-order valence-corrected chi connectivity index (χ2v) is 5.85. The molecule has 1 unspecified atom stereocenters. The maximum absolute atomic E-state index is 10.9. The number of carbonyl (C=O) groups is 1. The third-order valence-electron chi connectivity index (χ3n) is 4.02. The van der Waals surface area contributed by atoms with Gasteiger partial charge in [0.05, 0.1) is 13.2 Å². The van der Waals surface area contributed by atoms with E-state index >= 15 is 0 Å². The molecule has 1 N–H and O–H groups in total. The Bertz CT molecular complexity index is 236. The summed E-state index contributed by atoms with van der Waals surface area (Å²) in [6, 6.07) is 0. The van der Waals surface area contributed by atoms with Crippen molar-refractivity contribution >= 4 is 5.97 Å². The average Bonchev–Trinajstić information content (AvgIpc) is 3.24. The van der Waals surface area contributed by atoms with Crippen LogP contribution in [0.4, 0.5) is 0 Å². The van der Waals surface area contributed by atoms with Crippen molar-refractivity contribution in [3.8, 4) is 0 Å². The van der Waals surface area contributed by atoms with Crippen LogP contribution in [0.5, 0.6) is 0 Å². The van der Waals surface area contributed by atoms with Crippen molar-refractivity contribution in [2.45, 2.75) is 83.2 Å². The Morgan fingerprint density at radius 1 is 1.05 bits per heavy atom. The number of esters is 1. The lowest BCUT2D eigenvalue weighted by molar-refractivity contribution is -0.140. The maximum atomic E-state index is 10.9. The van der Waals surface area contributed by atoms with Crippen molar-refractivity contribution in [2.75, 3.05) is 7.11 Å². The lowest BCUT2D eigenvalue weighted by Crippen LogP contribution is -2.08. The minimum absolute atomic E-state index is 0.0154. The summed E-state index contributed by atoms with van der Waals surface area (Å²) in [6.07, 6.45) is 13.6. The zero-order valence-corrected chi connectivity index (χ0v) is 12.4. The Morgan fingerprint density at radius 3 is 2.11 bits per heavy atom. The average molecular weight is 270 g/mol. The molecule has 0 saturated heterocycles. The summed E-state index contributed by atoms with van der Waals surface area (Å²) in [4.78, 5) is 10.9. The van der Waals surface area contributed by atoms with Crippen molar-refractivity contribution in [2.24, 2.45) is 5.92 Å². The van der Waals surface area contributed by atoms with Gasteiger partial charge in [0.25, 0.3) is 0 Å². The number of unbranched alkanes of at least 4 members (excludes halogenated alkanes) is 7. The molecule has 0 radical (unpaired) electrons. The third-order valence-corrected chi connectivity index (χ3v) is 4.02. The minimum Gasteiger partial charge on any atom is -0.469 e. The number of carbonyl (C=O) groups excluding carboxylic acids is 1. The molecule has 0 heterocycles. The van der Waals surface area contributed by atoms with Crippen molar-refractivity contribution in [3.05, 3.63) is 0 Å². The van der Waals surface area contributed by atoms with E-state index in [1.165, 1.54) is 58.5 Å². The molecule has 1 saturated carbocycles. The van der Waals surface area contributed by atoms with E-state index in [2.05, 4.69) is 4.74 Å². The molecular weight excluding hydrogens is 240 g/mol. The molecule has 1 atom stereocenters. The van der Waals surface area contributed by atoms with Crippen LogP contribution in [-0.4, -0.2) is 24.3 Å². The molecule has 19 heavy (non-hydrogen) atoms. The van der Waals surface area contributed by atoms with Gasteiger partial charge in [-0.05, 0) is 31.6 Å². The van der Waals surface area contributed by atoms with Gasteiger partial charge in [-0.15, -0.1) is 0 Å². The van der Waals surface area contributed by atoms with Crippen LogP contribution in [0.2, 0.25) is 0 Å². The highest BCUT2D eigenvalue weighted by atomic mass is 16.5. The second-order valence-electron chi connectivity index (χ2n) is 5.85. The van der Waals surface area contributed by atoms with E-state index in [0.717, 1.165) is 19.3 Å². The van der Waals surface area contributed by atoms with E-state index in [9.17, 15) is 9.90 Å². The fourth-order valence-electron chi connectivity index (χ4n) is 2.50. The van der Waals surface area contributed by atoms with Crippen molar-refractivity contribution < 1.29 is 14.6 Å². The number of rotatable bonds is 12. The van der Waals surface area contributed by atoms with Gasteiger partial charge in [0.15, 0.2) is 0 Å². The van der Waals surface area contributed by atoms with Crippen molar-refractivity contribution in [3.63, 3.8) is 0 Å². The predicted molar refractivity (Wildman–Crippen MR) is 76.9 cm³/mol. The fraction of sp³-hybridized carbons (Fsp3) is 0.938. The van der Waals surface area contributed by atoms with Gasteiger partial charge in [0.1, 0.15) is 0 Å². The van der Waals surface area contributed by atoms with Gasteiger partial charge in [-0.25, -0.2) is 0 Å². The Hall–Kier alpha value is -0.570. The molecule has 1 rings (SSSR count). The summed E-state index contributed by atoms with van der Waals surface area (Å²) < 4.78 is 4.60. The predicted octanol–water partition coefficient (Wildman–Crippen LogP) is 3.83. The van der Waals surface area contributed by atoms with Gasteiger partial charge in [0, 0.05) is 6.42 Å². The van der Waals surface area contributed by atoms with Gasteiger partial charge in [-0.1, -0.05) is 44.9 Å². The smallest absolute Gasteiger partial charge is 0.305 e. The molecule has 0 aliphatic heterocycles. The first-order valence-corrected chi connectivity index (χ1v) is 7.99. The Morgan fingerprint density at radius 2 is 1.58 bits per heavy atom. The van der Waals surface area contributed by atoms with Crippen LogP contribution in [0.15, 0.2) is 0 Å². The summed E-state index contributed by atoms with van der Waals surface area (Å²) in [6.45, 7) is 0. The van der Waals surface area contributed by atoms with Gasteiger partial charge in [-0.3, -0.25) is 4.79 Å². The molecule has 0 amide bonds. The van der Waals surface area contributed by atoms with Crippen LogP contribution < -0.4 is 0 Å². The summed E-state index contributed by atoms with van der Waals surface area (Å²) >= 11 is 0. The highest BCUT2D eigenvalue weighted by molar-refractivity contribution is 5.68. The monoisotopic (exact) mass is 270 g/mol. The highest BCUT2D eigenvalue weighted by Crippen LogP contribution is 2.34. The Balaban J connectivity index is 1.72. The number of methoxy groups -OCH3 is 1. The van der Waals surface area contributed by atoms with E-state index in [1.807, 2.05) is 0 Å². The first-order chi connectivity index (χ1) is 9.24. The summed E-state index contributed by atoms with van der Waals surface area (Å²) in [5, 5.41) is 9.72. The Kier molecular flexibility index (Phi) is 8.89. The van der Waals surface area contributed by atoms with Crippen LogP contribution >= 0.6 is 0 Å². The number of ether oxygens (including phenoxy) is 1.